The molecule has 0 aliphatic carbocycles. The lowest BCUT2D eigenvalue weighted by atomic mass is 10.2. The number of hydrogen-bond acceptors (Lipinski definition) is 8. The molecule has 2 aromatic rings. The number of nitrogens with zero attached hydrogens (tertiary/aromatic N) is 4. The molecule has 1 aliphatic rings. The number of aryl methyl sites for hydroxylation is 1. The van der Waals surface area contributed by atoms with Gasteiger partial charge in [0.25, 0.3) is 0 Å². The van der Waals surface area contributed by atoms with Crippen molar-refractivity contribution in [2.45, 2.75) is 39.3 Å². The molecule has 2 aromatic heterocycles. The van der Waals surface area contributed by atoms with E-state index in [2.05, 4.69) is 19.9 Å². The first-order chi connectivity index (χ1) is 12.1. The SMILES string of the molecule is CCOC(=O)c1csc(C2CCCN2c2cc(C)nc(COC)n2)n1. The fraction of sp³-hybridized carbons (Fsp3) is 0.529. The largest absolute Gasteiger partial charge is 0.461 e. The van der Waals surface area contributed by atoms with E-state index in [4.69, 9.17) is 9.47 Å². The van der Waals surface area contributed by atoms with Gasteiger partial charge in [-0.25, -0.2) is 19.7 Å². The maximum Gasteiger partial charge on any atom is 0.357 e. The zero-order valence-corrected chi connectivity index (χ0v) is 15.5. The molecule has 1 atom stereocenters. The van der Waals surface area contributed by atoms with Gasteiger partial charge in [-0.2, -0.15) is 0 Å². The van der Waals surface area contributed by atoms with Crippen LogP contribution in [-0.4, -0.2) is 41.2 Å². The monoisotopic (exact) mass is 362 g/mol. The van der Waals surface area contributed by atoms with E-state index in [9.17, 15) is 4.79 Å². The molecule has 1 saturated heterocycles. The summed E-state index contributed by atoms with van der Waals surface area (Å²) >= 11 is 1.50. The minimum Gasteiger partial charge on any atom is -0.461 e. The van der Waals surface area contributed by atoms with E-state index in [-0.39, 0.29) is 12.0 Å². The fourth-order valence-corrected chi connectivity index (χ4v) is 3.92. The van der Waals surface area contributed by atoms with E-state index in [0.717, 1.165) is 35.9 Å². The first-order valence-electron chi connectivity index (χ1n) is 8.35. The topological polar surface area (TPSA) is 77.4 Å². The zero-order chi connectivity index (χ0) is 17.8. The molecule has 0 amide bonds. The Bertz CT molecular complexity index is 749. The Morgan fingerprint density at radius 1 is 1.40 bits per heavy atom. The summed E-state index contributed by atoms with van der Waals surface area (Å²) in [5, 5.41) is 2.69. The zero-order valence-electron chi connectivity index (χ0n) is 14.7. The highest BCUT2D eigenvalue weighted by Gasteiger charge is 2.30. The van der Waals surface area contributed by atoms with Crippen LogP contribution in [0.15, 0.2) is 11.4 Å². The molecule has 1 aliphatic heterocycles. The van der Waals surface area contributed by atoms with Crippen molar-refractivity contribution in [2.75, 3.05) is 25.2 Å². The van der Waals surface area contributed by atoms with Crippen LogP contribution in [0.1, 0.15) is 52.8 Å². The maximum absolute atomic E-state index is 11.9. The first-order valence-corrected chi connectivity index (χ1v) is 9.23. The molecule has 3 heterocycles. The third-order valence-corrected chi connectivity index (χ3v) is 4.95. The molecule has 0 aromatic carbocycles. The lowest BCUT2D eigenvalue weighted by Crippen LogP contribution is -2.24. The third kappa shape index (κ3) is 3.96. The number of rotatable bonds is 6. The van der Waals surface area contributed by atoms with E-state index in [0.29, 0.717) is 24.7 Å². The molecule has 7 nitrogen and oxygen atoms in total. The Morgan fingerprint density at radius 3 is 3.00 bits per heavy atom. The Kier molecular flexibility index (Phi) is 5.60. The lowest BCUT2D eigenvalue weighted by molar-refractivity contribution is 0.0520. The van der Waals surface area contributed by atoms with Crippen molar-refractivity contribution in [3.63, 3.8) is 0 Å². The van der Waals surface area contributed by atoms with Gasteiger partial charge in [0, 0.05) is 30.8 Å². The molecule has 8 heteroatoms. The van der Waals surface area contributed by atoms with Gasteiger partial charge in [0.1, 0.15) is 17.4 Å². The van der Waals surface area contributed by atoms with Crippen LogP contribution in [0.2, 0.25) is 0 Å². The number of methoxy groups -OCH3 is 1. The smallest absolute Gasteiger partial charge is 0.357 e. The second-order valence-electron chi connectivity index (χ2n) is 5.86. The highest BCUT2D eigenvalue weighted by molar-refractivity contribution is 7.10. The Hall–Kier alpha value is -2.06. The van der Waals surface area contributed by atoms with Crippen LogP contribution in [0.4, 0.5) is 5.82 Å². The van der Waals surface area contributed by atoms with Gasteiger partial charge < -0.3 is 14.4 Å². The van der Waals surface area contributed by atoms with Crippen LogP contribution in [-0.2, 0) is 16.1 Å². The maximum atomic E-state index is 11.9. The van der Waals surface area contributed by atoms with Gasteiger partial charge >= 0.3 is 5.97 Å². The summed E-state index contributed by atoms with van der Waals surface area (Å²) in [6.07, 6.45) is 2.04. The Labute approximate surface area is 151 Å². The number of anilines is 1. The molecule has 0 saturated carbocycles. The minimum absolute atomic E-state index is 0.123. The second-order valence-corrected chi connectivity index (χ2v) is 6.75. The molecule has 0 N–H and O–H groups in total. The minimum atomic E-state index is -0.366. The summed E-state index contributed by atoms with van der Waals surface area (Å²) in [4.78, 5) is 27.6. The van der Waals surface area contributed by atoms with E-state index in [1.807, 2.05) is 13.0 Å². The quantitative estimate of drug-likeness (QED) is 0.731. The lowest BCUT2D eigenvalue weighted by Gasteiger charge is -2.24. The van der Waals surface area contributed by atoms with Gasteiger partial charge in [0.05, 0.1) is 12.6 Å². The standard InChI is InChI=1S/C17H22N4O3S/c1-4-24-17(22)12-10-25-16(19-12)13-6-5-7-21(13)15-8-11(2)18-14(20-15)9-23-3/h8,10,13H,4-7,9H2,1-3H3. The molecular formula is C17H22N4O3S. The molecule has 25 heavy (non-hydrogen) atoms. The predicted molar refractivity (Wildman–Crippen MR) is 94.9 cm³/mol. The van der Waals surface area contributed by atoms with Crippen molar-refractivity contribution in [1.82, 2.24) is 15.0 Å². The molecule has 134 valence electrons. The Morgan fingerprint density at radius 2 is 2.24 bits per heavy atom. The van der Waals surface area contributed by atoms with E-state index >= 15 is 0 Å². The average molecular weight is 362 g/mol. The number of aromatic nitrogens is 3. The number of carbonyl (C=O) groups is 1. The second kappa shape index (κ2) is 7.88. The van der Waals surface area contributed by atoms with Gasteiger partial charge in [-0.15, -0.1) is 11.3 Å². The van der Waals surface area contributed by atoms with Crippen molar-refractivity contribution in [2.24, 2.45) is 0 Å². The predicted octanol–water partition coefficient (Wildman–Crippen LogP) is 2.91. The summed E-state index contributed by atoms with van der Waals surface area (Å²) in [5.74, 6) is 1.19. The molecule has 0 radical (unpaired) electrons. The molecule has 0 bridgehead atoms. The van der Waals surface area contributed by atoms with Crippen LogP contribution in [0.5, 0.6) is 0 Å². The molecule has 3 rings (SSSR count). The molecule has 0 spiro atoms. The van der Waals surface area contributed by atoms with Gasteiger partial charge in [0.2, 0.25) is 0 Å². The third-order valence-electron chi connectivity index (χ3n) is 4.00. The van der Waals surface area contributed by atoms with Crippen LogP contribution < -0.4 is 4.90 Å². The fourth-order valence-electron chi connectivity index (χ4n) is 2.99. The van der Waals surface area contributed by atoms with Crippen molar-refractivity contribution < 1.29 is 14.3 Å². The summed E-state index contributed by atoms with van der Waals surface area (Å²) in [6.45, 7) is 5.39. The van der Waals surface area contributed by atoms with E-state index in [1.165, 1.54) is 11.3 Å². The number of hydrogen-bond donors (Lipinski definition) is 0. The number of thiazole rings is 1. The van der Waals surface area contributed by atoms with Crippen LogP contribution in [0.25, 0.3) is 0 Å². The summed E-state index contributed by atoms with van der Waals surface area (Å²) < 4.78 is 10.2. The van der Waals surface area contributed by atoms with Gasteiger partial charge in [-0.1, -0.05) is 0 Å². The van der Waals surface area contributed by atoms with Crippen molar-refractivity contribution in [3.8, 4) is 0 Å². The molecule has 1 fully saturated rings. The van der Waals surface area contributed by atoms with Crippen molar-refractivity contribution in [3.05, 3.63) is 33.7 Å². The number of esters is 1. The Balaban J connectivity index is 1.85. The van der Waals surface area contributed by atoms with E-state index in [1.54, 1.807) is 19.4 Å². The van der Waals surface area contributed by atoms with Crippen molar-refractivity contribution >= 4 is 23.1 Å². The summed E-state index contributed by atoms with van der Waals surface area (Å²) in [7, 11) is 1.64. The van der Waals surface area contributed by atoms with Gasteiger partial charge in [-0.05, 0) is 26.7 Å². The summed E-state index contributed by atoms with van der Waals surface area (Å²) in [6, 6.07) is 2.11. The van der Waals surface area contributed by atoms with E-state index < -0.39 is 0 Å². The number of carbonyl (C=O) groups excluding carboxylic acids is 1. The van der Waals surface area contributed by atoms with Crippen LogP contribution in [0, 0.1) is 6.92 Å². The highest BCUT2D eigenvalue weighted by Crippen LogP contribution is 2.36. The summed E-state index contributed by atoms with van der Waals surface area (Å²) in [5.41, 5.74) is 1.29. The van der Waals surface area contributed by atoms with Gasteiger partial charge in [0.15, 0.2) is 11.5 Å². The average Bonchev–Trinajstić information content (AvgIpc) is 3.24. The molecular weight excluding hydrogens is 340 g/mol. The van der Waals surface area contributed by atoms with Crippen LogP contribution in [0.3, 0.4) is 0 Å². The molecule has 1 unspecified atom stereocenters. The normalized spacial score (nSPS) is 17.1. The van der Waals surface area contributed by atoms with Crippen LogP contribution >= 0.6 is 11.3 Å². The van der Waals surface area contributed by atoms with Gasteiger partial charge in [-0.3, -0.25) is 0 Å². The highest BCUT2D eigenvalue weighted by atomic mass is 32.1. The van der Waals surface area contributed by atoms with Crippen molar-refractivity contribution in [1.29, 1.82) is 0 Å². The first kappa shape index (κ1) is 17.8. The number of ether oxygens (including phenoxy) is 2.